The van der Waals surface area contributed by atoms with Crippen molar-refractivity contribution < 1.29 is 14.6 Å². The lowest BCUT2D eigenvalue weighted by atomic mass is 10.3. The number of aromatic nitrogens is 2. The topological polar surface area (TPSA) is 64.3 Å². The number of aryl methyl sites for hydroxylation is 1. The molecule has 1 aromatic heterocycles. The van der Waals surface area contributed by atoms with Crippen LogP contribution in [0, 0.1) is 0 Å². The van der Waals surface area contributed by atoms with Crippen LogP contribution < -0.4 is 0 Å². The SMILES string of the molecule is CCOC(=O)C=C(O)c1cncn1C. The molecule has 0 radical (unpaired) electrons. The maximum atomic E-state index is 11.0. The average Bonchev–Trinajstić information content (AvgIpc) is 2.51. The second-order valence-corrected chi connectivity index (χ2v) is 2.67. The fourth-order valence-corrected chi connectivity index (χ4v) is 0.974. The molecule has 0 spiro atoms. The molecule has 0 aromatic carbocycles. The van der Waals surface area contributed by atoms with Gasteiger partial charge in [-0.25, -0.2) is 9.78 Å². The van der Waals surface area contributed by atoms with Gasteiger partial charge in [0.15, 0.2) is 0 Å². The van der Waals surface area contributed by atoms with Gasteiger partial charge in [0.1, 0.15) is 11.5 Å². The number of ether oxygens (including phenoxy) is 1. The van der Waals surface area contributed by atoms with E-state index in [1.54, 1.807) is 18.5 Å². The number of carbonyl (C=O) groups excluding carboxylic acids is 1. The summed E-state index contributed by atoms with van der Waals surface area (Å²) in [6, 6.07) is 0. The Labute approximate surface area is 81.6 Å². The largest absolute Gasteiger partial charge is 0.505 e. The highest BCUT2D eigenvalue weighted by atomic mass is 16.5. The number of hydrogen-bond donors (Lipinski definition) is 1. The van der Waals surface area contributed by atoms with E-state index in [1.807, 2.05) is 0 Å². The summed E-state index contributed by atoms with van der Waals surface area (Å²) in [6.07, 6.45) is 4.02. The number of esters is 1. The van der Waals surface area contributed by atoms with E-state index < -0.39 is 5.97 Å². The summed E-state index contributed by atoms with van der Waals surface area (Å²) >= 11 is 0. The molecule has 0 aliphatic rings. The molecule has 1 aromatic rings. The minimum atomic E-state index is -0.564. The molecule has 0 aliphatic carbocycles. The van der Waals surface area contributed by atoms with Crippen molar-refractivity contribution in [1.29, 1.82) is 0 Å². The van der Waals surface area contributed by atoms with Gasteiger partial charge >= 0.3 is 5.97 Å². The summed E-state index contributed by atoms with van der Waals surface area (Å²) in [6.45, 7) is 1.99. The zero-order valence-electron chi connectivity index (χ0n) is 8.10. The smallest absolute Gasteiger partial charge is 0.334 e. The van der Waals surface area contributed by atoms with E-state index >= 15 is 0 Å². The number of nitrogens with zero attached hydrogens (tertiary/aromatic N) is 2. The van der Waals surface area contributed by atoms with Crippen LogP contribution >= 0.6 is 0 Å². The molecule has 0 saturated heterocycles. The molecular formula is C9H12N2O3. The Hall–Kier alpha value is -1.78. The van der Waals surface area contributed by atoms with Gasteiger partial charge in [-0.1, -0.05) is 0 Å². The molecule has 0 fully saturated rings. The van der Waals surface area contributed by atoms with Crippen LogP contribution in [0.2, 0.25) is 0 Å². The van der Waals surface area contributed by atoms with Gasteiger partial charge in [0.05, 0.1) is 25.2 Å². The van der Waals surface area contributed by atoms with Crippen molar-refractivity contribution in [1.82, 2.24) is 9.55 Å². The van der Waals surface area contributed by atoms with E-state index in [0.29, 0.717) is 5.69 Å². The van der Waals surface area contributed by atoms with Gasteiger partial charge in [0.2, 0.25) is 0 Å². The van der Waals surface area contributed by atoms with Crippen LogP contribution in [0.25, 0.3) is 5.76 Å². The Balaban J connectivity index is 2.79. The molecule has 5 heteroatoms. The molecule has 14 heavy (non-hydrogen) atoms. The lowest BCUT2D eigenvalue weighted by Gasteiger charge is -2.00. The maximum absolute atomic E-state index is 11.0. The Morgan fingerprint density at radius 3 is 3.00 bits per heavy atom. The van der Waals surface area contributed by atoms with Crippen molar-refractivity contribution >= 4 is 11.7 Å². The number of aliphatic hydroxyl groups excluding tert-OH is 1. The van der Waals surface area contributed by atoms with E-state index in [4.69, 9.17) is 0 Å². The third kappa shape index (κ3) is 2.35. The van der Waals surface area contributed by atoms with Crippen LogP contribution in [-0.2, 0) is 16.6 Å². The number of rotatable bonds is 3. The van der Waals surface area contributed by atoms with Gasteiger partial charge in [-0.2, -0.15) is 0 Å². The number of aliphatic hydroxyl groups is 1. The third-order valence-electron chi connectivity index (χ3n) is 1.62. The van der Waals surface area contributed by atoms with E-state index in [1.165, 1.54) is 12.5 Å². The molecule has 5 nitrogen and oxygen atoms in total. The van der Waals surface area contributed by atoms with Crippen molar-refractivity contribution in [2.75, 3.05) is 6.61 Å². The van der Waals surface area contributed by atoms with E-state index in [9.17, 15) is 9.90 Å². The molecule has 1 N–H and O–H groups in total. The first-order valence-corrected chi connectivity index (χ1v) is 4.19. The molecular weight excluding hydrogens is 184 g/mol. The molecule has 0 aliphatic heterocycles. The third-order valence-corrected chi connectivity index (χ3v) is 1.62. The number of hydrogen-bond acceptors (Lipinski definition) is 4. The average molecular weight is 196 g/mol. The highest BCUT2D eigenvalue weighted by molar-refractivity contribution is 5.88. The predicted molar refractivity (Wildman–Crippen MR) is 50.4 cm³/mol. The van der Waals surface area contributed by atoms with E-state index in [0.717, 1.165) is 6.08 Å². The first-order chi connectivity index (χ1) is 6.65. The Morgan fingerprint density at radius 1 is 1.79 bits per heavy atom. The predicted octanol–water partition coefficient (Wildman–Crippen LogP) is 0.882. The zero-order valence-corrected chi connectivity index (χ0v) is 8.10. The van der Waals surface area contributed by atoms with Crippen molar-refractivity contribution in [2.45, 2.75) is 6.92 Å². The van der Waals surface area contributed by atoms with Gasteiger partial charge in [-0.15, -0.1) is 0 Å². The monoisotopic (exact) mass is 196 g/mol. The van der Waals surface area contributed by atoms with Gasteiger partial charge in [-0.05, 0) is 6.92 Å². The van der Waals surface area contributed by atoms with Crippen LogP contribution in [0.15, 0.2) is 18.6 Å². The molecule has 76 valence electrons. The van der Waals surface area contributed by atoms with Gasteiger partial charge in [0.25, 0.3) is 0 Å². The molecule has 0 amide bonds. The fraction of sp³-hybridized carbons (Fsp3) is 0.333. The standard InChI is InChI=1S/C9H12N2O3/c1-3-14-9(13)4-8(12)7-5-10-6-11(7)2/h4-6,12H,3H2,1-2H3. The quantitative estimate of drug-likeness (QED) is 0.443. The highest BCUT2D eigenvalue weighted by Gasteiger charge is 2.06. The summed E-state index contributed by atoms with van der Waals surface area (Å²) in [5.74, 6) is -0.713. The van der Waals surface area contributed by atoms with Crippen molar-refractivity contribution in [2.24, 2.45) is 7.05 Å². The van der Waals surface area contributed by atoms with Crippen molar-refractivity contribution in [3.63, 3.8) is 0 Å². The minimum Gasteiger partial charge on any atom is -0.505 e. The van der Waals surface area contributed by atoms with Gasteiger partial charge in [0, 0.05) is 7.05 Å². The molecule has 0 atom stereocenters. The van der Waals surface area contributed by atoms with E-state index in [2.05, 4.69) is 9.72 Å². The van der Waals surface area contributed by atoms with Crippen LogP contribution in [0.4, 0.5) is 0 Å². The summed E-state index contributed by atoms with van der Waals surface area (Å²) in [5.41, 5.74) is 0.470. The fourth-order valence-electron chi connectivity index (χ4n) is 0.974. The second-order valence-electron chi connectivity index (χ2n) is 2.67. The van der Waals surface area contributed by atoms with Gasteiger partial charge < -0.3 is 14.4 Å². The molecule has 0 saturated carbocycles. The first-order valence-electron chi connectivity index (χ1n) is 4.19. The maximum Gasteiger partial charge on any atom is 0.334 e. The number of imidazole rings is 1. The Kier molecular flexibility index (Phi) is 3.28. The normalized spacial score (nSPS) is 11.4. The van der Waals surface area contributed by atoms with Crippen LogP contribution in [-0.4, -0.2) is 27.2 Å². The summed E-state index contributed by atoms with van der Waals surface area (Å²) in [5, 5.41) is 9.49. The summed E-state index contributed by atoms with van der Waals surface area (Å²) < 4.78 is 6.25. The first kappa shape index (κ1) is 10.3. The molecule has 1 heterocycles. The minimum absolute atomic E-state index is 0.150. The Morgan fingerprint density at radius 2 is 2.50 bits per heavy atom. The van der Waals surface area contributed by atoms with Crippen molar-refractivity contribution in [3.8, 4) is 0 Å². The lowest BCUT2D eigenvalue weighted by Crippen LogP contribution is -2.02. The van der Waals surface area contributed by atoms with Gasteiger partial charge in [-0.3, -0.25) is 0 Å². The Bertz CT molecular complexity index is 355. The highest BCUT2D eigenvalue weighted by Crippen LogP contribution is 2.08. The van der Waals surface area contributed by atoms with Crippen molar-refractivity contribution in [3.05, 3.63) is 24.3 Å². The molecule has 1 rings (SSSR count). The summed E-state index contributed by atoms with van der Waals surface area (Å²) in [7, 11) is 1.72. The van der Waals surface area contributed by atoms with Crippen LogP contribution in [0.1, 0.15) is 12.6 Å². The molecule has 0 bridgehead atoms. The summed E-state index contributed by atoms with van der Waals surface area (Å²) in [4.78, 5) is 14.8. The van der Waals surface area contributed by atoms with Crippen LogP contribution in [0.3, 0.4) is 0 Å². The molecule has 0 unspecified atom stereocenters. The lowest BCUT2D eigenvalue weighted by molar-refractivity contribution is -0.137. The zero-order chi connectivity index (χ0) is 10.6. The second kappa shape index (κ2) is 4.45. The number of carbonyl (C=O) groups is 1. The van der Waals surface area contributed by atoms with E-state index in [-0.39, 0.29) is 12.4 Å². The van der Waals surface area contributed by atoms with Crippen LogP contribution in [0.5, 0.6) is 0 Å².